The molecular weight excluding hydrogens is 232 g/mol. The summed E-state index contributed by atoms with van der Waals surface area (Å²) in [5.74, 6) is 0.694. The van der Waals surface area contributed by atoms with Crippen LogP contribution in [0.2, 0.25) is 0 Å². The maximum absolute atomic E-state index is 3.46. The van der Waals surface area contributed by atoms with E-state index in [4.69, 9.17) is 0 Å². The Kier molecular flexibility index (Phi) is 7.11. The van der Waals surface area contributed by atoms with Crippen molar-refractivity contribution >= 4 is 0 Å². The van der Waals surface area contributed by atoms with Crippen molar-refractivity contribution in [3.05, 3.63) is 35.4 Å². The lowest BCUT2D eigenvalue weighted by Crippen LogP contribution is -2.32. The molecule has 0 aliphatic rings. The minimum absolute atomic E-state index is 0.613. The van der Waals surface area contributed by atoms with Crippen molar-refractivity contribution in [1.29, 1.82) is 0 Å². The molecule has 1 atom stereocenters. The second kappa shape index (κ2) is 8.34. The van der Waals surface area contributed by atoms with E-state index in [1.54, 1.807) is 0 Å². The van der Waals surface area contributed by atoms with Crippen LogP contribution in [0.25, 0.3) is 0 Å². The monoisotopic (exact) mass is 262 g/mol. The minimum Gasteiger partial charge on any atom is -0.313 e. The number of hydrogen-bond acceptors (Lipinski definition) is 2. The lowest BCUT2D eigenvalue weighted by Gasteiger charge is -2.28. The molecule has 0 radical (unpaired) electrons. The van der Waals surface area contributed by atoms with Gasteiger partial charge in [0.15, 0.2) is 0 Å². The SMILES string of the molecule is CCCNCc1cccc(CN(C)C(C)C(C)C)c1. The van der Waals surface area contributed by atoms with Gasteiger partial charge in [0.2, 0.25) is 0 Å². The van der Waals surface area contributed by atoms with Gasteiger partial charge in [-0.2, -0.15) is 0 Å². The fourth-order valence-electron chi connectivity index (χ4n) is 2.19. The van der Waals surface area contributed by atoms with Crippen LogP contribution in [0.3, 0.4) is 0 Å². The highest BCUT2D eigenvalue weighted by molar-refractivity contribution is 5.23. The summed E-state index contributed by atoms with van der Waals surface area (Å²) in [4.78, 5) is 2.43. The molecule has 0 heterocycles. The van der Waals surface area contributed by atoms with Crippen LogP contribution in [0.1, 0.15) is 45.2 Å². The third kappa shape index (κ3) is 5.75. The van der Waals surface area contributed by atoms with Gasteiger partial charge in [-0.3, -0.25) is 4.90 Å². The summed E-state index contributed by atoms with van der Waals surface area (Å²) in [5, 5.41) is 3.46. The lowest BCUT2D eigenvalue weighted by molar-refractivity contribution is 0.200. The maximum atomic E-state index is 3.46. The van der Waals surface area contributed by atoms with Crippen molar-refractivity contribution in [2.75, 3.05) is 13.6 Å². The van der Waals surface area contributed by atoms with E-state index in [0.29, 0.717) is 12.0 Å². The Bertz CT molecular complexity index is 360. The summed E-state index contributed by atoms with van der Waals surface area (Å²) < 4.78 is 0. The first-order valence-corrected chi connectivity index (χ1v) is 7.53. The maximum Gasteiger partial charge on any atom is 0.0233 e. The summed E-state index contributed by atoms with van der Waals surface area (Å²) in [5.41, 5.74) is 2.79. The first kappa shape index (κ1) is 16.2. The molecule has 1 unspecified atom stereocenters. The molecule has 0 saturated carbocycles. The number of nitrogens with zero attached hydrogens (tertiary/aromatic N) is 1. The number of benzene rings is 1. The van der Waals surface area contributed by atoms with Crippen LogP contribution < -0.4 is 5.32 Å². The fraction of sp³-hybridized carbons (Fsp3) is 0.647. The van der Waals surface area contributed by atoms with E-state index in [1.807, 2.05) is 0 Å². The molecule has 0 aromatic heterocycles. The van der Waals surface area contributed by atoms with Crippen LogP contribution in [0.4, 0.5) is 0 Å². The number of hydrogen-bond donors (Lipinski definition) is 1. The van der Waals surface area contributed by atoms with Crippen LogP contribution in [0, 0.1) is 5.92 Å². The van der Waals surface area contributed by atoms with Gasteiger partial charge in [0, 0.05) is 19.1 Å². The zero-order valence-corrected chi connectivity index (χ0v) is 13.2. The molecule has 108 valence electrons. The second-order valence-electron chi connectivity index (χ2n) is 5.90. The highest BCUT2D eigenvalue weighted by atomic mass is 15.1. The van der Waals surface area contributed by atoms with E-state index in [0.717, 1.165) is 19.6 Å². The van der Waals surface area contributed by atoms with Gasteiger partial charge in [0.1, 0.15) is 0 Å². The van der Waals surface area contributed by atoms with Gasteiger partial charge < -0.3 is 5.32 Å². The van der Waals surface area contributed by atoms with Gasteiger partial charge in [0.25, 0.3) is 0 Å². The van der Waals surface area contributed by atoms with Gasteiger partial charge in [-0.25, -0.2) is 0 Å². The minimum atomic E-state index is 0.613. The average molecular weight is 262 g/mol. The standard InChI is InChI=1S/C17H30N2/c1-6-10-18-12-16-8-7-9-17(11-16)13-19(5)15(4)14(2)3/h7-9,11,14-15,18H,6,10,12-13H2,1-5H3. The molecule has 2 heteroatoms. The van der Waals surface area contributed by atoms with E-state index in [9.17, 15) is 0 Å². The second-order valence-corrected chi connectivity index (χ2v) is 5.90. The Morgan fingerprint density at radius 2 is 1.84 bits per heavy atom. The summed E-state index contributed by atoms with van der Waals surface area (Å²) in [6.45, 7) is 12.2. The normalized spacial score (nSPS) is 13.2. The predicted molar refractivity (Wildman–Crippen MR) is 84.2 cm³/mol. The number of rotatable bonds is 8. The van der Waals surface area contributed by atoms with Crippen LogP contribution >= 0.6 is 0 Å². The van der Waals surface area contributed by atoms with Gasteiger partial charge in [-0.15, -0.1) is 0 Å². The summed E-state index contributed by atoms with van der Waals surface area (Å²) >= 11 is 0. The van der Waals surface area contributed by atoms with Crippen molar-refractivity contribution in [3.63, 3.8) is 0 Å². The molecule has 1 N–H and O–H groups in total. The molecule has 0 spiro atoms. The van der Waals surface area contributed by atoms with Gasteiger partial charge in [0.05, 0.1) is 0 Å². The van der Waals surface area contributed by atoms with Gasteiger partial charge in [-0.05, 0) is 44.0 Å². The average Bonchev–Trinajstić information content (AvgIpc) is 2.38. The van der Waals surface area contributed by atoms with E-state index in [2.05, 4.69) is 69.2 Å². The molecule has 0 bridgehead atoms. The molecule has 1 aromatic rings. The van der Waals surface area contributed by atoms with E-state index < -0.39 is 0 Å². The molecule has 0 fully saturated rings. The third-order valence-corrected chi connectivity index (χ3v) is 3.84. The van der Waals surface area contributed by atoms with Gasteiger partial charge in [-0.1, -0.05) is 45.0 Å². The number of nitrogens with one attached hydrogen (secondary N) is 1. The van der Waals surface area contributed by atoms with Crippen molar-refractivity contribution < 1.29 is 0 Å². The van der Waals surface area contributed by atoms with E-state index in [-0.39, 0.29) is 0 Å². The molecule has 0 aliphatic heterocycles. The lowest BCUT2D eigenvalue weighted by atomic mass is 10.0. The smallest absolute Gasteiger partial charge is 0.0233 e. The van der Waals surface area contributed by atoms with Crippen LogP contribution in [0.15, 0.2) is 24.3 Å². The molecule has 1 aromatic carbocycles. The molecule has 0 saturated heterocycles. The van der Waals surface area contributed by atoms with Gasteiger partial charge >= 0.3 is 0 Å². The Morgan fingerprint density at radius 1 is 1.16 bits per heavy atom. The van der Waals surface area contributed by atoms with Crippen molar-refractivity contribution in [2.45, 2.75) is 53.2 Å². The fourth-order valence-corrected chi connectivity index (χ4v) is 2.19. The quantitative estimate of drug-likeness (QED) is 0.719. The highest BCUT2D eigenvalue weighted by Gasteiger charge is 2.13. The molecule has 19 heavy (non-hydrogen) atoms. The van der Waals surface area contributed by atoms with E-state index in [1.165, 1.54) is 17.5 Å². The summed E-state index contributed by atoms with van der Waals surface area (Å²) in [6.07, 6.45) is 1.19. The summed E-state index contributed by atoms with van der Waals surface area (Å²) in [7, 11) is 2.21. The zero-order valence-electron chi connectivity index (χ0n) is 13.2. The highest BCUT2D eigenvalue weighted by Crippen LogP contribution is 2.13. The molecule has 0 amide bonds. The van der Waals surface area contributed by atoms with Crippen LogP contribution in [-0.2, 0) is 13.1 Å². The first-order chi connectivity index (χ1) is 9.04. The first-order valence-electron chi connectivity index (χ1n) is 7.53. The molecular formula is C17H30N2. The summed E-state index contributed by atoms with van der Waals surface area (Å²) in [6, 6.07) is 9.55. The van der Waals surface area contributed by atoms with Crippen LogP contribution in [-0.4, -0.2) is 24.5 Å². The van der Waals surface area contributed by atoms with E-state index >= 15 is 0 Å². The third-order valence-electron chi connectivity index (χ3n) is 3.84. The van der Waals surface area contributed by atoms with Crippen LogP contribution in [0.5, 0.6) is 0 Å². The topological polar surface area (TPSA) is 15.3 Å². The Morgan fingerprint density at radius 3 is 2.47 bits per heavy atom. The van der Waals surface area contributed by atoms with Crippen molar-refractivity contribution in [2.24, 2.45) is 5.92 Å². The molecule has 1 rings (SSSR count). The largest absolute Gasteiger partial charge is 0.313 e. The predicted octanol–water partition coefficient (Wildman–Crippen LogP) is 3.66. The van der Waals surface area contributed by atoms with Crippen molar-refractivity contribution in [3.8, 4) is 0 Å². The molecule has 2 nitrogen and oxygen atoms in total. The Labute approximate surface area is 119 Å². The van der Waals surface area contributed by atoms with Crippen molar-refractivity contribution in [1.82, 2.24) is 10.2 Å². The Hall–Kier alpha value is -0.860. The molecule has 0 aliphatic carbocycles. The Balaban J connectivity index is 2.56. The zero-order chi connectivity index (χ0) is 14.3.